The summed E-state index contributed by atoms with van der Waals surface area (Å²) in [6, 6.07) is 6.05. The molecule has 1 aromatic rings. The Labute approximate surface area is 179 Å². The molecule has 0 aliphatic rings. The Bertz CT molecular complexity index is 573. The molecule has 0 aliphatic heterocycles. The van der Waals surface area contributed by atoms with Crippen LogP contribution in [0.3, 0.4) is 0 Å². The van der Waals surface area contributed by atoms with E-state index in [0.29, 0.717) is 11.8 Å². The summed E-state index contributed by atoms with van der Waals surface area (Å²) in [7, 11) is 1.69. The molecule has 1 rings (SSSR count). The molecule has 2 atom stereocenters. The molecule has 0 bridgehead atoms. The fourth-order valence-corrected chi connectivity index (χ4v) is 3.86. The van der Waals surface area contributed by atoms with Gasteiger partial charge in [-0.25, -0.2) is 0 Å². The number of rotatable bonds is 15. The molecule has 0 heterocycles. The highest BCUT2D eigenvalue weighted by atomic mass is 16.5. The second kappa shape index (κ2) is 13.1. The third-order valence-electron chi connectivity index (χ3n) is 5.64. The SMILES string of the molecule is COc1cc(OCCC(C)CCCC(C)C)ccc1CC[C@@](N)(CO)CC(C)C. The van der Waals surface area contributed by atoms with Crippen molar-refractivity contribution >= 4 is 0 Å². The van der Waals surface area contributed by atoms with Crippen molar-refractivity contribution in [1.29, 1.82) is 0 Å². The van der Waals surface area contributed by atoms with Gasteiger partial charge in [0.05, 0.1) is 20.3 Å². The van der Waals surface area contributed by atoms with Gasteiger partial charge in [-0.3, -0.25) is 0 Å². The maximum Gasteiger partial charge on any atom is 0.125 e. The van der Waals surface area contributed by atoms with Crippen molar-refractivity contribution in [2.24, 2.45) is 23.5 Å². The fraction of sp³-hybridized carbons (Fsp3) is 0.760. The normalized spacial score (nSPS) is 14.8. The highest BCUT2D eigenvalue weighted by molar-refractivity contribution is 5.41. The van der Waals surface area contributed by atoms with Crippen LogP contribution < -0.4 is 15.2 Å². The number of aliphatic hydroxyl groups excluding tert-OH is 1. The molecule has 0 saturated heterocycles. The van der Waals surface area contributed by atoms with Gasteiger partial charge in [0.1, 0.15) is 11.5 Å². The number of ether oxygens (including phenoxy) is 2. The van der Waals surface area contributed by atoms with Crippen LogP contribution in [0.2, 0.25) is 0 Å². The van der Waals surface area contributed by atoms with E-state index in [1.165, 1.54) is 19.3 Å². The Morgan fingerprint density at radius 3 is 2.34 bits per heavy atom. The van der Waals surface area contributed by atoms with E-state index in [1.54, 1.807) is 7.11 Å². The van der Waals surface area contributed by atoms with Gasteiger partial charge in [-0.1, -0.05) is 59.9 Å². The monoisotopic (exact) mass is 407 g/mol. The highest BCUT2D eigenvalue weighted by Gasteiger charge is 2.25. The molecule has 3 N–H and O–H groups in total. The van der Waals surface area contributed by atoms with Gasteiger partial charge in [0.15, 0.2) is 0 Å². The minimum absolute atomic E-state index is 0.00401. The van der Waals surface area contributed by atoms with Crippen LogP contribution in [0.1, 0.15) is 78.7 Å². The third kappa shape index (κ3) is 10.4. The maximum absolute atomic E-state index is 9.73. The van der Waals surface area contributed by atoms with E-state index >= 15 is 0 Å². The van der Waals surface area contributed by atoms with Crippen LogP contribution in [0.5, 0.6) is 11.5 Å². The van der Waals surface area contributed by atoms with E-state index in [0.717, 1.165) is 55.3 Å². The molecule has 4 heteroatoms. The first kappa shape index (κ1) is 25.8. The Balaban J connectivity index is 2.54. The summed E-state index contributed by atoms with van der Waals surface area (Å²) in [4.78, 5) is 0. The van der Waals surface area contributed by atoms with Gasteiger partial charge in [0.2, 0.25) is 0 Å². The van der Waals surface area contributed by atoms with Crippen LogP contribution in [0.15, 0.2) is 18.2 Å². The minimum Gasteiger partial charge on any atom is -0.496 e. The molecule has 0 radical (unpaired) electrons. The van der Waals surface area contributed by atoms with Crippen LogP contribution in [-0.2, 0) is 6.42 Å². The Morgan fingerprint density at radius 2 is 1.76 bits per heavy atom. The van der Waals surface area contributed by atoms with E-state index in [4.69, 9.17) is 15.2 Å². The Hall–Kier alpha value is -1.26. The Morgan fingerprint density at radius 1 is 1.03 bits per heavy atom. The van der Waals surface area contributed by atoms with Gasteiger partial charge in [0, 0.05) is 11.6 Å². The average Bonchev–Trinajstić information content (AvgIpc) is 2.66. The molecule has 0 saturated carbocycles. The lowest BCUT2D eigenvalue weighted by atomic mass is 9.85. The number of aliphatic hydroxyl groups is 1. The molecule has 0 aliphatic carbocycles. The largest absolute Gasteiger partial charge is 0.496 e. The third-order valence-corrected chi connectivity index (χ3v) is 5.64. The van der Waals surface area contributed by atoms with E-state index in [-0.39, 0.29) is 6.61 Å². The van der Waals surface area contributed by atoms with Crippen LogP contribution in [0, 0.1) is 17.8 Å². The predicted octanol–water partition coefficient (Wildman–Crippen LogP) is 5.60. The summed E-state index contributed by atoms with van der Waals surface area (Å²) in [5.74, 6) is 3.61. The second-order valence-electron chi connectivity index (χ2n) is 9.66. The molecular formula is C25H45NO3. The average molecular weight is 408 g/mol. The maximum atomic E-state index is 9.73. The van der Waals surface area contributed by atoms with Gasteiger partial charge in [-0.2, -0.15) is 0 Å². The summed E-state index contributed by atoms with van der Waals surface area (Å²) in [5, 5.41) is 9.73. The fourth-order valence-electron chi connectivity index (χ4n) is 3.86. The molecule has 29 heavy (non-hydrogen) atoms. The summed E-state index contributed by atoms with van der Waals surface area (Å²) >= 11 is 0. The lowest BCUT2D eigenvalue weighted by molar-refractivity contribution is 0.165. The highest BCUT2D eigenvalue weighted by Crippen LogP contribution is 2.29. The topological polar surface area (TPSA) is 64.7 Å². The van der Waals surface area contributed by atoms with Crippen LogP contribution in [0.25, 0.3) is 0 Å². The van der Waals surface area contributed by atoms with Crippen molar-refractivity contribution < 1.29 is 14.6 Å². The Kier molecular flexibility index (Phi) is 11.7. The van der Waals surface area contributed by atoms with Crippen molar-refractivity contribution in [2.75, 3.05) is 20.3 Å². The molecule has 0 aromatic heterocycles. The smallest absolute Gasteiger partial charge is 0.125 e. The first-order valence-electron chi connectivity index (χ1n) is 11.4. The minimum atomic E-state index is -0.542. The first-order chi connectivity index (χ1) is 13.7. The van der Waals surface area contributed by atoms with Crippen molar-refractivity contribution in [3.63, 3.8) is 0 Å². The van der Waals surface area contributed by atoms with Gasteiger partial charge in [-0.15, -0.1) is 0 Å². The molecular weight excluding hydrogens is 362 g/mol. The standard InChI is InChI=1S/C25H45NO3/c1-19(2)8-7-9-21(5)13-15-29-23-11-10-22(24(16-23)28-6)12-14-25(26,18-27)17-20(3)4/h10-11,16,19-21,27H,7-9,12-15,17-18,26H2,1-6H3/t21?,25-/m0/s1. The number of hydrogen-bond donors (Lipinski definition) is 2. The number of aryl methyl sites for hydroxylation is 1. The van der Waals surface area contributed by atoms with Crippen molar-refractivity contribution in [1.82, 2.24) is 0 Å². The van der Waals surface area contributed by atoms with Crippen molar-refractivity contribution in [2.45, 2.75) is 85.1 Å². The van der Waals surface area contributed by atoms with Crippen molar-refractivity contribution in [3.05, 3.63) is 23.8 Å². The molecule has 168 valence electrons. The molecule has 0 spiro atoms. The summed E-state index contributed by atoms with van der Waals surface area (Å²) in [6.45, 7) is 11.9. The number of methoxy groups -OCH3 is 1. The predicted molar refractivity (Wildman–Crippen MR) is 123 cm³/mol. The van der Waals surface area contributed by atoms with E-state index < -0.39 is 5.54 Å². The van der Waals surface area contributed by atoms with E-state index in [1.807, 2.05) is 12.1 Å². The summed E-state index contributed by atoms with van der Waals surface area (Å²) in [6.07, 6.45) is 7.26. The summed E-state index contributed by atoms with van der Waals surface area (Å²) in [5.41, 5.74) is 6.96. The molecule has 1 aromatic carbocycles. The molecule has 4 nitrogen and oxygen atoms in total. The molecule has 0 fully saturated rings. The van der Waals surface area contributed by atoms with E-state index in [9.17, 15) is 5.11 Å². The lowest BCUT2D eigenvalue weighted by Gasteiger charge is -2.29. The number of benzene rings is 1. The second-order valence-corrected chi connectivity index (χ2v) is 9.66. The number of nitrogens with two attached hydrogens (primary N) is 1. The van der Waals surface area contributed by atoms with Crippen LogP contribution >= 0.6 is 0 Å². The van der Waals surface area contributed by atoms with Crippen molar-refractivity contribution in [3.8, 4) is 11.5 Å². The molecule has 1 unspecified atom stereocenters. The lowest BCUT2D eigenvalue weighted by Crippen LogP contribution is -2.45. The van der Waals surface area contributed by atoms with Crippen LogP contribution in [-0.4, -0.2) is 31.0 Å². The quantitative estimate of drug-likeness (QED) is 0.397. The summed E-state index contributed by atoms with van der Waals surface area (Å²) < 4.78 is 11.6. The zero-order valence-electron chi connectivity index (χ0n) is 19.7. The first-order valence-corrected chi connectivity index (χ1v) is 11.4. The zero-order chi connectivity index (χ0) is 21.9. The molecule has 0 amide bonds. The zero-order valence-corrected chi connectivity index (χ0v) is 19.7. The number of hydrogen-bond acceptors (Lipinski definition) is 4. The van der Waals surface area contributed by atoms with Crippen LogP contribution in [0.4, 0.5) is 0 Å². The van der Waals surface area contributed by atoms with Gasteiger partial charge < -0.3 is 20.3 Å². The van der Waals surface area contributed by atoms with E-state index in [2.05, 4.69) is 40.7 Å². The van der Waals surface area contributed by atoms with Gasteiger partial charge in [0.25, 0.3) is 0 Å². The van der Waals surface area contributed by atoms with Gasteiger partial charge in [-0.05, 0) is 55.1 Å². The van der Waals surface area contributed by atoms with Gasteiger partial charge >= 0.3 is 0 Å².